The zero-order valence-electron chi connectivity index (χ0n) is 15.6. The number of likely N-dealkylation sites (N-methyl/N-ethyl adjacent to an activating group) is 1. The molecular weight excluding hydrogens is 342 g/mol. The zero-order valence-corrected chi connectivity index (χ0v) is 15.6. The van der Waals surface area contributed by atoms with Crippen LogP contribution in [-0.4, -0.2) is 60.9 Å². The van der Waals surface area contributed by atoms with Crippen molar-refractivity contribution in [2.75, 3.05) is 50.8 Å². The van der Waals surface area contributed by atoms with Gasteiger partial charge in [-0.05, 0) is 42.9 Å². The summed E-state index contributed by atoms with van der Waals surface area (Å²) in [4.78, 5) is 9.71. The molecule has 142 valence electrons. The lowest BCUT2D eigenvalue weighted by molar-refractivity contribution is 0.201. The minimum Gasteiger partial charge on any atom is -0.491 e. The lowest BCUT2D eigenvalue weighted by Crippen LogP contribution is -2.46. The van der Waals surface area contributed by atoms with Crippen LogP contribution in [0.25, 0.3) is 22.2 Å². The second kappa shape index (κ2) is 7.98. The third kappa shape index (κ3) is 3.77. The molecule has 1 aromatic carbocycles. The number of nitrogens with zero attached hydrogens (tertiary/aromatic N) is 3. The number of benzene rings is 1. The lowest BCUT2D eigenvalue weighted by atomic mass is 10.1. The molecule has 0 bridgehead atoms. The molecule has 6 nitrogen and oxygen atoms in total. The lowest BCUT2D eigenvalue weighted by Gasteiger charge is -2.34. The summed E-state index contributed by atoms with van der Waals surface area (Å²) in [5, 5.41) is 9.94. The highest BCUT2D eigenvalue weighted by Gasteiger charge is 2.21. The van der Waals surface area contributed by atoms with E-state index in [-0.39, 0.29) is 6.61 Å². The van der Waals surface area contributed by atoms with Gasteiger partial charge < -0.3 is 24.1 Å². The summed E-state index contributed by atoms with van der Waals surface area (Å²) in [6, 6.07) is 11.9. The first-order chi connectivity index (χ1) is 13.3. The number of aromatic nitrogens is 1. The van der Waals surface area contributed by atoms with E-state index in [2.05, 4.69) is 22.8 Å². The van der Waals surface area contributed by atoms with Crippen LogP contribution in [0.5, 0.6) is 5.75 Å². The van der Waals surface area contributed by atoms with E-state index in [0.29, 0.717) is 6.61 Å². The molecular formula is C21H25N3O3. The van der Waals surface area contributed by atoms with Gasteiger partial charge in [-0.25, -0.2) is 4.98 Å². The van der Waals surface area contributed by atoms with Gasteiger partial charge >= 0.3 is 0 Å². The molecule has 0 aliphatic carbocycles. The fraction of sp³-hybridized carbons (Fsp3) is 0.381. The molecule has 1 aliphatic heterocycles. The zero-order chi connectivity index (χ0) is 18.6. The molecule has 2 aromatic heterocycles. The van der Waals surface area contributed by atoms with Gasteiger partial charge in [0.15, 0.2) is 11.4 Å². The normalized spacial score (nSPS) is 15.4. The van der Waals surface area contributed by atoms with Gasteiger partial charge in [0, 0.05) is 37.1 Å². The molecule has 1 N–H and O–H groups in total. The average Bonchev–Trinajstić information content (AvgIpc) is 3.21. The molecule has 27 heavy (non-hydrogen) atoms. The van der Waals surface area contributed by atoms with E-state index in [4.69, 9.17) is 19.2 Å². The Balaban J connectivity index is 1.64. The number of hydrogen-bond donors (Lipinski definition) is 1. The summed E-state index contributed by atoms with van der Waals surface area (Å²) in [7, 11) is 0. The highest BCUT2D eigenvalue weighted by Crippen LogP contribution is 2.32. The van der Waals surface area contributed by atoms with E-state index >= 15 is 0 Å². The van der Waals surface area contributed by atoms with Crippen LogP contribution in [0.1, 0.15) is 6.92 Å². The molecule has 0 saturated carbocycles. The van der Waals surface area contributed by atoms with Crippen LogP contribution in [0, 0.1) is 0 Å². The van der Waals surface area contributed by atoms with Crippen molar-refractivity contribution in [1.82, 2.24) is 9.88 Å². The summed E-state index contributed by atoms with van der Waals surface area (Å²) < 4.78 is 11.2. The molecule has 1 saturated heterocycles. The smallest absolute Gasteiger partial charge is 0.176 e. The SMILES string of the molecule is CCN1CCN(c2nc(-c3ccc(OCCO)cc3)cc3ccoc23)CC1. The van der Waals surface area contributed by atoms with Crippen LogP contribution in [-0.2, 0) is 0 Å². The van der Waals surface area contributed by atoms with Gasteiger partial charge in [-0.3, -0.25) is 0 Å². The molecule has 0 spiro atoms. The van der Waals surface area contributed by atoms with Crippen molar-refractivity contribution in [3.63, 3.8) is 0 Å². The Kier molecular flexibility index (Phi) is 5.27. The summed E-state index contributed by atoms with van der Waals surface area (Å²) in [6.45, 7) is 7.59. The van der Waals surface area contributed by atoms with Crippen molar-refractivity contribution in [1.29, 1.82) is 0 Å². The highest BCUT2D eigenvalue weighted by molar-refractivity contribution is 5.90. The van der Waals surface area contributed by atoms with Gasteiger partial charge in [-0.15, -0.1) is 0 Å². The van der Waals surface area contributed by atoms with Crippen LogP contribution in [0.15, 0.2) is 47.1 Å². The molecule has 3 heterocycles. The van der Waals surface area contributed by atoms with Gasteiger partial charge in [0.25, 0.3) is 0 Å². The second-order valence-electron chi connectivity index (χ2n) is 6.69. The average molecular weight is 367 g/mol. The maximum atomic E-state index is 8.88. The van der Waals surface area contributed by atoms with E-state index in [9.17, 15) is 0 Å². The van der Waals surface area contributed by atoms with Gasteiger partial charge in [-0.2, -0.15) is 0 Å². The molecule has 0 radical (unpaired) electrons. The molecule has 0 unspecified atom stereocenters. The minimum absolute atomic E-state index is 0.00905. The van der Waals surface area contributed by atoms with Crippen molar-refractivity contribution in [3.8, 4) is 17.0 Å². The number of hydrogen-bond acceptors (Lipinski definition) is 6. The fourth-order valence-corrected chi connectivity index (χ4v) is 3.48. The Morgan fingerprint density at radius 1 is 1.11 bits per heavy atom. The molecule has 3 aromatic rings. The Bertz CT molecular complexity index is 883. The molecule has 6 heteroatoms. The summed E-state index contributed by atoms with van der Waals surface area (Å²) >= 11 is 0. The maximum absolute atomic E-state index is 8.88. The Hall–Kier alpha value is -2.57. The highest BCUT2D eigenvalue weighted by atomic mass is 16.5. The maximum Gasteiger partial charge on any atom is 0.176 e. The van der Waals surface area contributed by atoms with Crippen molar-refractivity contribution in [3.05, 3.63) is 42.7 Å². The van der Waals surface area contributed by atoms with Crippen molar-refractivity contribution in [2.24, 2.45) is 0 Å². The quantitative estimate of drug-likeness (QED) is 0.723. The molecule has 1 aliphatic rings. The second-order valence-corrected chi connectivity index (χ2v) is 6.69. The first-order valence-corrected chi connectivity index (χ1v) is 9.48. The molecule has 4 rings (SSSR count). The predicted molar refractivity (Wildman–Crippen MR) is 106 cm³/mol. The molecule has 0 amide bonds. The van der Waals surface area contributed by atoms with Gasteiger partial charge in [0.05, 0.1) is 18.6 Å². The Morgan fingerprint density at radius 2 is 1.89 bits per heavy atom. The molecule has 1 fully saturated rings. The molecule has 0 atom stereocenters. The van der Waals surface area contributed by atoms with Crippen molar-refractivity contribution in [2.45, 2.75) is 6.92 Å². The van der Waals surface area contributed by atoms with Crippen LogP contribution in [0.3, 0.4) is 0 Å². The van der Waals surface area contributed by atoms with E-state index in [0.717, 1.165) is 66.5 Å². The predicted octanol–water partition coefficient (Wildman–Crippen LogP) is 3.01. The first-order valence-electron chi connectivity index (χ1n) is 9.48. The number of rotatable bonds is 6. The summed E-state index contributed by atoms with van der Waals surface area (Å²) in [5.74, 6) is 1.66. The Labute approximate surface area is 159 Å². The third-order valence-corrected chi connectivity index (χ3v) is 5.05. The van der Waals surface area contributed by atoms with Gasteiger partial charge in [0.1, 0.15) is 12.4 Å². The number of anilines is 1. The first kappa shape index (κ1) is 17.8. The van der Waals surface area contributed by atoms with Crippen LogP contribution >= 0.6 is 0 Å². The monoisotopic (exact) mass is 367 g/mol. The standard InChI is InChI=1S/C21H25N3O3/c1-2-23-8-10-24(11-9-23)21-20-17(7-13-27-20)15-19(22-21)16-3-5-18(6-4-16)26-14-12-25/h3-7,13,15,25H,2,8-12,14H2,1H3. The van der Waals surface area contributed by atoms with Crippen LogP contribution in [0.2, 0.25) is 0 Å². The van der Waals surface area contributed by atoms with Gasteiger partial charge in [0.2, 0.25) is 0 Å². The topological polar surface area (TPSA) is 62.0 Å². The number of fused-ring (bicyclic) bond motifs is 1. The Morgan fingerprint density at radius 3 is 2.59 bits per heavy atom. The summed E-state index contributed by atoms with van der Waals surface area (Å²) in [6.07, 6.45) is 1.73. The van der Waals surface area contributed by atoms with Crippen molar-refractivity contribution < 1.29 is 14.3 Å². The van der Waals surface area contributed by atoms with Crippen LogP contribution in [0.4, 0.5) is 5.82 Å². The van der Waals surface area contributed by atoms with E-state index in [1.807, 2.05) is 30.3 Å². The summed E-state index contributed by atoms with van der Waals surface area (Å²) in [5.41, 5.74) is 2.81. The number of aliphatic hydroxyl groups excluding tert-OH is 1. The minimum atomic E-state index is 0.00905. The largest absolute Gasteiger partial charge is 0.491 e. The van der Waals surface area contributed by atoms with E-state index in [1.54, 1.807) is 6.26 Å². The fourth-order valence-electron chi connectivity index (χ4n) is 3.48. The van der Waals surface area contributed by atoms with Gasteiger partial charge in [-0.1, -0.05) is 6.92 Å². The van der Waals surface area contributed by atoms with Crippen molar-refractivity contribution >= 4 is 16.8 Å². The number of aliphatic hydroxyl groups is 1. The van der Waals surface area contributed by atoms with Crippen LogP contribution < -0.4 is 9.64 Å². The van der Waals surface area contributed by atoms with E-state index < -0.39 is 0 Å². The number of ether oxygens (including phenoxy) is 1. The third-order valence-electron chi connectivity index (χ3n) is 5.05. The number of pyridine rings is 1. The van der Waals surface area contributed by atoms with E-state index in [1.165, 1.54) is 0 Å². The number of furan rings is 1. The number of piperazine rings is 1.